The minimum atomic E-state index is -0.911. The fraction of sp³-hybridized carbons (Fsp3) is 0.250. The number of nitrogens with one attached hydrogen (secondary N) is 1. The van der Waals surface area contributed by atoms with Gasteiger partial charge in [-0.2, -0.15) is 0 Å². The molecule has 0 amide bonds. The summed E-state index contributed by atoms with van der Waals surface area (Å²) in [6, 6.07) is 8.39. The van der Waals surface area contributed by atoms with Crippen molar-refractivity contribution in [3.8, 4) is 0 Å². The van der Waals surface area contributed by atoms with E-state index in [1.54, 1.807) is 0 Å². The largest absolute Gasteiger partial charge is 0.310 e. The molecule has 0 saturated heterocycles. The highest BCUT2D eigenvalue weighted by molar-refractivity contribution is 9.10. The van der Waals surface area contributed by atoms with E-state index in [0.29, 0.717) is 25.1 Å². The molecule has 21 heavy (non-hydrogen) atoms. The monoisotopic (exact) mass is 357 g/mol. The van der Waals surface area contributed by atoms with E-state index in [4.69, 9.17) is 0 Å². The van der Waals surface area contributed by atoms with Gasteiger partial charge in [0, 0.05) is 28.2 Å². The van der Waals surface area contributed by atoms with Gasteiger partial charge in [-0.3, -0.25) is 0 Å². The predicted octanol–water partition coefficient (Wildman–Crippen LogP) is 4.76. The van der Waals surface area contributed by atoms with Crippen molar-refractivity contribution < 1.29 is 13.2 Å². The van der Waals surface area contributed by atoms with Gasteiger partial charge in [-0.25, -0.2) is 13.2 Å². The van der Waals surface area contributed by atoms with Crippen LogP contribution in [-0.4, -0.2) is 6.54 Å². The molecule has 0 aliphatic rings. The third-order valence-corrected chi connectivity index (χ3v) is 3.66. The average Bonchev–Trinajstić information content (AvgIpc) is 2.37. The number of hydrogen-bond acceptors (Lipinski definition) is 1. The van der Waals surface area contributed by atoms with Gasteiger partial charge in [-0.05, 0) is 30.7 Å². The lowest BCUT2D eigenvalue weighted by atomic mass is 9.97. The highest BCUT2D eigenvalue weighted by Crippen LogP contribution is 2.26. The second-order valence-electron chi connectivity index (χ2n) is 4.73. The van der Waals surface area contributed by atoms with E-state index in [1.165, 1.54) is 0 Å². The van der Waals surface area contributed by atoms with Crippen LogP contribution >= 0.6 is 15.9 Å². The molecule has 5 heteroatoms. The fourth-order valence-electron chi connectivity index (χ4n) is 2.31. The highest BCUT2D eigenvalue weighted by Gasteiger charge is 2.21. The van der Waals surface area contributed by atoms with Gasteiger partial charge >= 0.3 is 0 Å². The second-order valence-corrected chi connectivity index (χ2v) is 5.64. The zero-order valence-corrected chi connectivity index (χ0v) is 13.1. The summed E-state index contributed by atoms with van der Waals surface area (Å²) in [4.78, 5) is 0. The van der Waals surface area contributed by atoms with Gasteiger partial charge < -0.3 is 5.32 Å². The zero-order valence-electron chi connectivity index (χ0n) is 11.5. The Balaban J connectivity index is 2.35. The minimum absolute atomic E-state index is 0.127. The van der Waals surface area contributed by atoms with E-state index < -0.39 is 23.5 Å². The van der Waals surface area contributed by atoms with Crippen LogP contribution in [0.1, 0.15) is 24.1 Å². The van der Waals surface area contributed by atoms with E-state index in [1.807, 2.05) is 31.2 Å². The lowest BCUT2D eigenvalue weighted by molar-refractivity contribution is 0.462. The molecule has 0 fully saturated rings. The Kier molecular flexibility index (Phi) is 5.42. The van der Waals surface area contributed by atoms with Gasteiger partial charge in [0.15, 0.2) is 0 Å². The molecule has 1 N–H and O–H groups in total. The summed E-state index contributed by atoms with van der Waals surface area (Å²) >= 11 is 3.37. The van der Waals surface area contributed by atoms with Crippen LogP contribution in [0.5, 0.6) is 0 Å². The molecule has 0 aliphatic heterocycles. The SMILES string of the molecule is CCNC(Cc1cccc(Br)c1)c1c(F)cc(F)cc1F. The van der Waals surface area contributed by atoms with Crippen LogP contribution in [0, 0.1) is 17.5 Å². The van der Waals surface area contributed by atoms with E-state index in [0.717, 1.165) is 10.0 Å². The van der Waals surface area contributed by atoms with Crippen molar-refractivity contribution in [2.45, 2.75) is 19.4 Å². The summed E-state index contributed by atoms with van der Waals surface area (Å²) in [5, 5.41) is 3.05. The molecule has 2 rings (SSSR count). The summed E-state index contributed by atoms with van der Waals surface area (Å²) in [6.07, 6.45) is 0.409. The van der Waals surface area contributed by atoms with Gasteiger partial charge in [-0.1, -0.05) is 35.0 Å². The molecular formula is C16H15BrF3N. The molecule has 1 unspecified atom stereocenters. The van der Waals surface area contributed by atoms with Crippen LogP contribution in [0.3, 0.4) is 0 Å². The summed E-state index contributed by atoms with van der Waals surface area (Å²) < 4.78 is 41.8. The quantitative estimate of drug-likeness (QED) is 0.813. The smallest absolute Gasteiger partial charge is 0.133 e. The number of benzene rings is 2. The van der Waals surface area contributed by atoms with Crippen LogP contribution in [0.2, 0.25) is 0 Å². The molecule has 112 valence electrons. The first-order valence-electron chi connectivity index (χ1n) is 6.63. The van der Waals surface area contributed by atoms with Gasteiger partial charge in [0.2, 0.25) is 0 Å². The van der Waals surface area contributed by atoms with Crippen molar-refractivity contribution in [3.63, 3.8) is 0 Å². The average molecular weight is 358 g/mol. The van der Waals surface area contributed by atoms with Gasteiger partial charge in [0.1, 0.15) is 17.5 Å². The third kappa shape index (κ3) is 4.08. The maximum absolute atomic E-state index is 13.9. The fourth-order valence-corrected chi connectivity index (χ4v) is 2.76. The number of rotatable bonds is 5. The summed E-state index contributed by atoms with van der Waals surface area (Å²) in [5.41, 5.74) is 0.802. The van der Waals surface area contributed by atoms with Crippen molar-refractivity contribution >= 4 is 15.9 Å². The molecule has 0 aliphatic carbocycles. The van der Waals surface area contributed by atoms with E-state index in [2.05, 4.69) is 21.2 Å². The minimum Gasteiger partial charge on any atom is -0.310 e. The normalized spacial score (nSPS) is 12.4. The maximum atomic E-state index is 13.9. The standard InChI is InChI=1S/C16H15BrF3N/c1-2-21-15(7-10-4-3-5-11(17)6-10)16-13(19)8-12(18)9-14(16)20/h3-6,8-9,15,21H,2,7H2,1H3. The lowest BCUT2D eigenvalue weighted by Gasteiger charge is -2.20. The van der Waals surface area contributed by atoms with E-state index >= 15 is 0 Å². The van der Waals surface area contributed by atoms with Gasteiger partial charge in [0.05, 0.1) is 0 Å². The lowest BCUT2D eigenvalue weighted by Crippen LogP contribution is -2.25. The van der Waals surface area contributed by atoms with Crippen molar-refractivity contribution in [2.75, 3.05) is 6.54 Å². The third-order valence-electron chi connectivity index (χ3n) is 3.17. The molecule has 2 aromatic carbocycles. The number of hydrogen-bond donors (Lipinski definition) is 1. The summed E-state index contributed by atoms with van der Waals surface area (Å²) in [7, 11) is 0. The van der Waals surface area contributed by atoms with Gasteiger partial charge in [-0.15, -0.1) is 0 Å². The highest BCUT2D eigenvalue weighted by atomic mass is 79.9. The van der Waals surface area contributed by atoms with Crippen molar-refractivity contribution in [1.82, 2.24) is 5.32 Å². The molecule has 0 spiro atoms. The molecule has 0 radical (unpaired) electrons. The number of likely N-dealkylation sites (N-methyl/N-ethyl adjacent to an activating group) is 1. The first-order valence-corrected chi connectivity index (χ1v) is 7.42. The van der Waals surface area contributed by atoms with Crippen LogP contribution in [0.4, 0.5) is 13.2 Å². The Bertz CT molecular complexity index is 608. The Morgan fingerprint density at radius 3 is 2.33 bits per heavy atom. The second kappa shape index (κ2) is 7.09. The van der Waals surface area contributed by atoms with Crippen LogP contribution < -0.4 is 5.32 Å². The van der Waals surface area contributed by atoms with Crippen LogP contribution in [-0.2, 0) is 6.42 Å². The zero-order chi connectivity index (χ0) is 15.4. The molecule has 1 nitrogen and oxygen atoms in total. The Morgan fingerprint density at radius 2 is 1.76 bits per heavy atom. The molecule has 2 aromatic rings. The maximum Gasteiger partial charge on any atom is 0.133 e. The Morgan fingerprint density at radius 1 is 1.10 bits per heavy atom. The van der Waals surface area contributed by atoms with Crippen LogP contribution in [0.15, 0.2) is 40.9 Å². The first kappa shape index (κ1) is 16.0. The van der Waals surface area contributed by atoms with Gasteiger partial charge in [0.25, 0.3) is 0 Å². The molecule has 0 heterocycles. The van der Waals surface area contributed by atoms with E-state index in [9.17, 15) is 13.2 Å². The molecule has 0 aromatic heterocycles. The Hall–Kier alpha value is -1.33. The molecule has 0 saturated carbocycles. The Labute approximate surface area is 130 Å². The molecule has 0 bridgehead atoms. The topological polar surface area (TPSA) is 12.0 Å². The van der Waals surface area contributed by atoms with Crippen molar-refractivity contribution in [1.29, 1.82) is 0 Å². The van der Waals surface area contributed by atoms with Crippen molar-refractivity contribution in [2.24, 2.45) is 0 Å². The van der Waals surface area contributed by atoms with E-state index in [-0.39, 0.29) is 5.56 Å². The molecular weight excluding hydrogens is 343 g/mol. The summed E-state index contributed by atoms with van der Waals surface area (Å²) in [6.45, 7) is 2.40. The first-order chi connectivity index (χ1) is 10.0. The van der Waals surface area contributed by atoms with Crippen molar-refractivity contribution in [3.05, 3.63) is 69.4 Å². The summed E-state index contributed by atoms with van der Waals surface area (Å²) in [5.74, 6) is -2.65. The molecule has 1 atom stereocenters. The predicted molar refractivity (Wildman–Crippen MR) is 80.6 cm³/mol. The number of halogens is 4. The van der Waals surface area contributed by atoms with Crippen LogP contribution in [0.25, 0.3) is 0 Å².